The summed E-state index contributed by atoms with van der Waals surface area (Å²) in [5.74, 6) is -0.897. The van der Waals surface area contributed by atoms with Gasteiger partial charge in [-0.1, -0.05) is 53.4 Å². The molecule has 0 saturated carbocycles. The third-order valence-corrected chi connectivity index (χ3v) is 2.29. The Kier molecular flexibility index (Phi) is 3.06. The highest BCUT2D eigenvalue weighted by molar-refractivity contribution is 6.67. The van der Waals surface area contributed by atoms with E-state index in [0.29, 0.717) is 5.56 Å². The zero-order valence-corrected chi connectivity index (χ0v) is 8.63. The molecule has 0 amide bonds. The molecule has 2 aromatic carbocycles. The predicted octanol–water partition coefficient (Wildman–Crippen LogP) is 1.04. The van der Waals surface area contributed by atoms with Crippen LogP contribution in [0.25, 0.3) is 0 Å². The Morgan fingerprint density at radius 2 is 1.44 bits per heavy atom. The van der Waals surface area contributed by atoms with Gasteiger partial charge in [0.25, 0.3) is 0 Å². The Labute approximate surface area is 94.8 Å². The van der Waals surface area contributed by atoms with Gasteiger partial charge in [0.1, 0.15) is 0 Å². The van der Waals surface area contributed by atoms with E-state index in [-0.39, 0.29) is 0 Å². The summed E-state index contributed by atoms with van der Waals surface area (Å²) in [6.07, 6.45) is 0. The minimum atomic E-state index is -0.897. The van der Waals surface area contributed by atoms with Crippen LogP contribution in [0.3, 0.4) is 0 Å². The lowest BCUT2D eigenvalue weighted by Gasteiger charge is -2.00. The van der Waals surface area contributed by atoms with Crippen molar-refractivity contribution in [3.63, 3.8) is 0 Å². The van der Waals surface area contributed by atoms with Crippen LogP contribution < -0.4 is 10.9 Å². The molecular formula is C13H10BO2. The first-order chi connectivity index (χ1) is 7.75. The molecule has 1 radical (unpaired) electrons. The third kappa shape index (κ3) is 2.51. The van der Waals surface area contributed by atoms with Crippen LogP contribution in [-0.4, -0.2) is 18.4 Å². The summed E-state index contributed by atoms with van der Waals surface area (Å²) in [6.45, 7) is 0. The van der Waals surface area contributed by atoms with Gasteiger partial charge in [0.05, 0.1) is 5.56 Å². The van der Waals surface area contributed by atoms with Crippen molar-refractivity contribution in [3.8, 4) is 0 Å². The molecule has 0 bridgehead atoms. The van der Waals surface area contributed by atoms with Crippen LogP contribution in [0, 0.1) is 0 Å². The van der Waals surface area contributed by atoms with Crippen molar-refractivity contribution >= 4 is 24.2 Å². The molecule has 0 aliphatic rings. The lowest BCUT2D eigenvalue weighted by molar-refractivity contribution is 0.0697. The van der Waals surface area contributed by atoms with Crippen LogP contribution in [0.2, 0.25) is 0 Å². The number of carbonyl (C=O) groups is 1. The first kappa shape index (κ1) is 10.5. The maximum atomic E-state index is 10.7. The van der Waals surface area contributed by atoms with E-state index in [1.807, 2.05) is 37.6 Å². The summed E-state index contributed by atoms with van der Waals surface area (Å²) >= 11 is 0. The van der Waals surface area contributed by atoms with E-state index in [1.165, 1.54) is 0 Å². The van der Waals surface area contributed by atoms with Crippen molar-refractivity contribution < 1.29 is 9.90 Å². The van der Waals surface area contributed by atoms with Gasteiger partial charge in [-0.05, 0) is 12.1 Å². The standard InChI is InChI=1S/C13H10BO2/c15-13(16)10-6-8-12(9-7-10)14-11-4-2-1-3-5-11/h1-9H,(H,15,16). The minimum Gasteiger partial charge on any atom is -0.478 e. The summed E-state index contributed by atoms with van der Waals surface area (Å²) < 4.78 is 0. The molecule has 0 aliphatic carbocycles. The molecule has 0 unspecified atom stereocenters. The van der Waals surface area contributed by atoms with Gasteiger partial charge in [-0.3, -0.25) is 0 Å². The highest BCUT2D eigenvalue weighted by Gasteiger charge is 2.02. The number of hydrogen-bond acceptors (Lipinski definition) is 1. The fourth-order valence-corrected chi connectivity index (χ4v) is 1.46. The molecule has 2 nitrogen and oxygen atoms in total. The van der Waals surface area contributed by atoms with Crippen molar-refractivity contribution in [2.75, 3.05) is 0 Å². The van der Waals surface area contributed by atoms with Crippen LogP contribution in [0.5, 0.6) is 0 Å². The Morgan fingerprint density at radius 3 is 2.00 bits per heavy atom. The molecule has 1 N–H and O–H groups in total. The van der Waals surface area contributed by atoms with E-state index in [1.54, 1.807) is 24.3 Å². The van der Waals surface area contributed by atoms with Crippen LogP contribution in [0.15, 0.2) is 54.6 Å². The molecule has 77 valence electrons. The summed E-state index contributed by atoms with van der Waals surface area (Å²) in [5, 5.41) is 8.76. The number of rotatable bonds is 3. The first-order valence-corrected chi connectivity index (χ1v) is 4.99. The maximum Gasteiger partial charge on any atom is 0.335 e. The maximum absolute atomic E-state index is 10.7. The third-order valence-electron chi connectivity index (χ3n) is 2.29. The monoisotopic (exact) mass is 209 g/mol. The highest BCUT2D eigenvalue weighted by Crippen LogP contribution is 1.95. The van der Waals surface area contributed by atoms with E-state index in [0.717, 1.165) is 10.9 Å². The summed E-state index contributed by atoms with van der Waals surface area (Å²) in [7, 11) is 2.01. The van der Waals surface area contributed by atoms with Crippen molar-refractivity contribution in [2.24, 2.45) is 0 Å². The van der Waals surface area contributed by atoms with E-state index in [9.17, 15) is 4.79 Å². The van der Waals surface area contributed by atoms with E-state index in [2.05, 4.69) is 0 Å². The van der Waals surface area contributed by atoms with E-state index >= 15 is 0 Å². The summed E-state index contributed by atoms with van der Waals surface area (Å²) in [4.78, 5) is 10.7. The Balaban J connectivity index is 2.14. The van der Waals surface area contributed by atoms with Crippen molar-refractivity contribution in [3.05, 3.63) is 60.2 Å². The van der Waals surface area contributed by atoms with Gasteiger partial charge < -0.3 is 5.11 Å². The van der Waals surface area contributed by atoms with Crippen LogP contribution in [0.1, 0.15) is 10.4 Å². The Bertz CT molecular complexity index is 477. The molecule has 0 saturated heterocycles. The average molecular weight is 209 g/mol. The minimum absolute atomic E-state index is 0.310. The Hall–Kier alpha value is -2.03. The molecule has 0 atom stereocenters. The molecule has 0 aromatic heterocycles. The molecule has 2 aromatic rings. The van der Waals surface area contributed by atoms with Gasteiger partial charge in [-0.25, -0.2) is 4.79 Å². The largest absolute Gasteiger partial charge is 0.478 e. The molecule has 3 heteroatoms. The lowest BCUT2D eigenvalue weighted by atomic mass is 9.64. The molecular weight excluding hydrogens is 199 g/mol. The summed E-state index contributed by atoms with van der Waals surface area (Å²) in [6, 6.07) is 16.7. The molecule has 0 aliphatic heterocycles. The molecule has 2 rings (SSSR count). The highest BCUT2D eigenvalue weighted by atomic mass is 16.4. The lowest BCUT2D eigenvalue weighted by Crippen LogP contribution is -2.26. The second-order valence-electron chi connectivity index (χ2n) is 3.48. The van der Waals surface area contributed by atoms with Gasteiger partial charge >= 0.3 is 5.97 Å². The smallest absolute Gasteiger partial charge is 0.335 e. The molecule has 0 heterocycles. The topological polar surface area (TPSA) is 37.3 Å². The van der Waals surface area contributed by atoms with Crippen LogP contribution in [0.4, 0.5) is 0 Å². The number of benzene rings is 2. The van der Waals surface area contributed by atoms with E-state index < -0.39 is 5.97 Å². The van der Waals surface area contributed by atoms with Gasteiger partial charge in [0.2, 0.25) is 0 Å². The molecule has 0 fully saturated rings. The van der Waals surface area contributed by atoms with Crippen LogP contribution >= 0.6 is 0 Å². The number of aromatic carboxylic acids is 1. The van der Waals surface area contributed by atoms with Gasteiger partial charge in [0.15, 0.2) is 7.28 Å². The first-order valence-electron chi connectivity index (χ1n) is 4.99. The molecule has 16 heavy (non-hydrogen) atoms. The van der Waals surface area contributed by atoms with Crippen molar-refractivity contribution in [1.82, 2.24) is 0 Å². The second kappa shape index (κ2) is 4.66. The summed E-state index contributed by atoms with van der Waals surface area (Å²) in [5.41, 5.74) is 2.41. The fraction of sp³-hybridized carbons (Fsp3) is 0. The normalized spacial score (nSPS) is 9.75. The average Bonchev–Trinajstić information content (AvgIpc) is 2.31. The SMILES string of the molecule is O=C(O)c1ccc([B]c2ccccc2)cc1. The number of carboxylic acid groups (broad SMARTS) is 1. The van der Waals surface area contributed by atoms with Crippen molar-refractivity contribution in [1.29, 1.82) is 0 Å². The van der Waals surface area contributed by atoms with Gasteiger partial charge in [-0.2, -0.15) is 0 Å². The number of carboxylic acids is 1. The zero-order chi connectivity index (χ0) is 11.4. The van der Waals surface area contributed by atoms with Crippen molar-refractivity contribution in [2.45, 2.75) is 0 Å². The Morgan fingerprint density at radius 1 is 0.875 bits per heavy atom. The number of hydrogen-bond donors (Lipinski definition) is 1. The molecule has 0 spiro atoms. The fourth-order valence-electron chi connectivity index (χ4n) is 1.46. The van der Waals surface area contributed by atoms with Crippen LogP contribution in [-0.2, 0) is 0 Å². The van der Waals surface area contributed by atoms with Gasteiger partial charge in [0, 0.05) is 0 Å². The zero-order valence-electron chi connectivity index (χ0n) is 8.63. The second-order valence-corrected chi connectivity index (χ2v) is 3.48. The predicted molar refractivity (Wildman–Crippen MR) is 64.9 cm³/mol. The van der Waals surface area contributed by atoms with E-state index in [4.69, 9.17) is 5.11 Å². The van der Waals surface area contributed by atoms with Gasteiger partial charge in [-0.15, -0.1) is 0 Å². The quantitative estimate of drug-likeness (QED) is 0.766.